The summed E-state index contributed by atoms with van der Waals surface area (Å²) < 4.78 is 0. The van der Waals surface area contributed by atoms with Crippen LogP contribution in [-0.2, 0) is 5.60 Å². The largest absolute Gasteiger partial charge is 0.383 e. The SMILES string of the molecule is Cc1cc(N2CCC(O)(c3ccccn3)CC2)nc(-c2ccccc2)n1. The lowest BCUT2D eigenvalue weighted by Gasteiger charge is -2.38. The smallest absolute Gasteiger partial charge is 0.161 e. The topological polar surface area (TPSA) is 62.1 Å². The minimum atomic E-state index is -0.859. The number of aliphatic hydroxyl groups is 1. The summed E-state index contributed by atoms with van der Waals surface area (Å²) in [5, 5.41) is 11.0. The summed E-state index contributed by atoms with van der Waals surface area (Å²) in [5.74, 6) is 1.66. The molecule has 0 spiro atoms. The molecule has 0 aliphatic carbocycles. The number of pyridine rings is 1. The molecular formula is C21H22N4O. The third-order valence-corrected chi connectivity index (χ3v) is 4.93. The molecule has 132 valence electrons. The number of hydrogen-bond acceptors (Lipinski definition) is 5. The number of aromatic nitrogens is 3. The van der Waals surface area contributed by atoms with Gasteiger partial charge < -0.3 is 10.0 Å². The van der Waals surface area contributed by atoms with Gasteiger partial charge in [-0.3, -0.25) is 4.98 Å². The van der Waals surface area contributed by atoms with Crippen molar-refractivity contribution in [3.05, 3.63) is 72.2 Å². The van der Waals surface area contributed by atoms with Crippen molar-refractivity contribution in [3.8, 4) is 11.4 Å². The van der Waals surface area contributed by atoms with Crippen LogP contribution in [0.25, 0.3) is 11.4 Å². The van der Waals surface area contributed by atoms with Gasteiger partial charge >= 0.3 is 0 Å². The van der Waals surface area contributed by atoms with Crippen LogP contribution in [0.4, 0.5) is 5.82 Å². The number of benzene rings is 1. The summed E-state index contributed by atoms with van der Waals surface area (Å²) >= 11 is 0. The van der Waals surface area contributed by atoms with Gasteiger partial charge in [-0.2, -0.15) is 0 Å². The first-order valence-electron chi connectivity index (χ1n) is 8.94. The Morgan fingerprint density at radius 2 is 1.69 bits per heavy atom. The molecule has 1 aromatic carbocycles. The second-order valence-electron chi connectivity index (χ2n) is 6.79. The quantitative estimate of drug-likeness (QED) is 0.788. The number of rotatable bonds is 3. The van der Waals surface area contributed by atoms with Gasteiger partial charge in [0.15, 0.2) is 5.82 Å². The molecule has 1 saturated heterocycles. The van der Waals surface area contributed by atoms with Gasteiger partial charge in [0.1, 0.15) is 11.4 Å². The normalized spacial score (nSPS) is 16.5. The van der Waals surface area contributed by atoms with Crippen LogP contribution in [0.15, 0.2) is 60.8 Å². The first kappa shape index (κ1) is 16.7. The zero-order chi connectivity index (χ0) is 18.0. The van der Waals surface area contributed by atoms with Gasteiger partial charge in [-0.25, -0.2) is 9.97 Å². The van der Waals surface area contributed by atoms with Crippen LogP contribution < -0.4 is 4.90 Å². The maximum atomic E-state index is 11.0. The van der Waals surface area contributed by atoms with Crippen molar-refractivity contribution in [2.75, 3.05) is 18.0 Å². The molecule has 3 aromatic rings. The summed E-state index contributed by atoms with van der Waals surface area (Å²) in [5.41, 5.74) is 1.85. The third-order valence-electron chi connectivity index (χ3n) is 4.93. The lowest BCUT2D eigenvalue weighted by molar-refractivity contribution is 0.00750. The second-order valence-corrected chi connectivity index (χ2v) is 6.79. The number of nitrogens with zero attached hydrogens (tertiary/aromatic N) is 4. The lowest BCUT2D eigenvalue weighted by atomic mass is 9.88. The molecular weight excluding hydrogens is 324 g/mol. The van der Waals surface area contributed by atoms with E-state index in [1.54, 1.807) is 6.20 Å². The van der Waals surface area contributed by atoms with Gasteiger partial charge in [-0.15, -0.1) is 0 Å². The van der Waals surface area contributed by atoms with E-state index < -0.39 is 5.60 Å². The van der Waals surface area contributed by atoms with Crippen LogP contribution in [-0.4, -0.2) is 33.1 Å². The summed E-state index contributed by atoms with van der Waals surface area (Å²) in [6.45, 7) is 3.46. The Morgan fingerprint density at radius 1 is 0.962 bits per heavy atom. The molecule has 1 aliphatic heterocycles. The molecule has 0 saturated carbocycles. The fraction of sp³-hybridized carbons (Fsp3) is 0.286. The number of aryl methyl sites for hydroxylation is 1. The Morgan fingerprint density at radius 3 is 2.38 bits per heavy atom. The molecule has 0 atom stereocenters. The maximum Gasteiger partial charge on any atom is 0.161 e. The Balaban J connectivity index is 1.56. The highest BCUT2D eigenvalue weighted by Gasteiger charge is 2.35. The van der Waals surface area contributed by atoms with E-state index in [4.69, 9.17) is 4.98 Å². The van der Waals surface area contributed by atoms with E-state index in [-0.39, 0.29) is 0 Å². The fourth-order valence-electron chi connectivity index (χ4n) is 3.43. The monoisotopic (exact) mass is 346 g/mol. The Kier molecular flexibility index (Phi) is 4.39. The average Bonchev–Trinajstić information content (AvgIpc) is 2.69. The molecule has 4 rings (SSSR count). The maximum absolute atomic E-state index is 11.0. The summed E-state index contributed by atoms with van der Waals surface area (Å²) in [6.07, 6.45) is 3.00. The molecule has 26 heavy (non-hydrogen) atoms. The van der Waals surface area contributed by atoms with Gasteiger partial charge in [0.2, 0.25) is 0 Å². The van der Waals surface area contributed by atoms with Gasteiger partial charge in [0, 0.05) is 36.6 Å². The summed E-state index contributed by atoms with van der Waals surface area (Å²) in [6, 6.07) is 17.7. The highest BCUT2D eigenvalue weighted by molar-refractivity contribution is 5.58. The van der Waals surface area contributed by atoms with Crippen molar-refractivity contribution in [3.63, 3.8) is 0 Å². The van der Waals surface area contributed by atoms with Crippen LogP contribution in [0.3, 0.4) is 0 Å². The van der Waals surface area contributed by atoms with E-state index in [1.807, 2.05) is 61.5 Å². The van der Waals surface area contributed by atoms with Crippen LogP contribution in [0.2, 0.25) is 0 Å². The van der Waals surface area contributed by atoms with Crippen LogP contribution in [0.5, 0.6) is 0 Å². The average molecular weight is 346 g/mol. The highest BCUT2D eigenvalue weighted by atomic mass is 16.3. The second kappa shape index (κ2) is 6.84. The zero-order valence-corrected chi connectivity index (χ0v) is 14.8. The van der Waals surface area contributed by atoms with Gasteiger partial charge in [-0.05, 0) is 31.9 Å². The number of anilines is 1. The van der Waals surface area contributed by atoms with E-state index in [1.165, 1.54) is 0 Å². The molecule has 0 bridgehead atoms. The molecule has 1 aliphatic rings. The predicted octanol–water partition coefficient (Wildman–Crippen LogP) is 3.34. The van der Waals surface area contributed by atoms with Crippen molar-refractivity contribution >= 4 is 5.82 Å². The van der Waals surface area contributed by atoms with Crippen molar-refractivity contribution in [2.45, 2.75) is 25.4 Å². The first-order valence-corrected chi connectivity index (χ1v) is 8.94. The molecule has 1 fully saturated rings. The molecule has 0 amide bonds. The molecule has 0 unspecified atom stereocenters. The Labute approximate surface area is 153 Å². The van der Waals surface area contributed by atoms with Crippen LogP contribution >= 0.6 is 0 Å². The highest BCUT2D eigenvalue weighted by Crippen LogP contribution is 2.33. The lowest BCUT2D eigenvalue weighted by Crippen LogP contribution is -2.43. The van der Waals surface area contributed by atoms with Crippen molar-refractivity contribution < 1.29 is 5.11 Å². The third kappa shape index (κ3) is 3.30. The molecule has 0 radical (unpaired) electrons. The summed E-state index contributed by atoms with van der Waals surface area (Å²) in [7, 11) is 0. The van der Waals surface area contributed by atoms with E-state index in [2.05, 4.69) is 14.9 Å². The van der Waals surface area contributed by atoms with Crippen LogP contribution in [0, 0.1) is 6.92 Å². The van der Waals surface area contributed by atoms with E-state index in [9.17, 15) is 5.11 Å². The van der Waals surface area contributed by atoms with E-state index in [0.717, 1.165) is 41.7 Å². The number of hydrogen-bond donors (Lipinski definition) is 1. The minimum Gasteiger partial charge on any atom is -0.383 e. The molecule has 3 heterocycles. The molecule has 2 aromatic heterocycles. The molecule has 1 N–H and O–H groups in total. The Hall–Kier alpha value is -2.79. The standard InChI is InChI=1S/C21H22N4O/c1-16-15-19(24-20(23-16)17-7-3-2-4-8-17)25-13-10-21(26,11-14-25)18-9-5-6-12-22-18/h2-9,12,15,26H,10-11,13-14H2,1H3. The van der Waals surface area contributed by atoms with Crippen molar-refractivity contribution in [1.82, 2.24) is 15.0 Å². The van der Waals surface area contributed by atoms with Crippen molar-refractivity contribution in [2.24, 2.45) is 0 Å². The molecule has 5 heteroatoms. The van der Waals surface area contributed by atoms with Crippen LogP contribution in [0.1, 0.15) is 24.2 Å². The van der Waals surface area contributed by atoms with Crippen molar-refractivity contribution in [1.29, 1.82) is 0 Å². The number of piperidine rings is 1. The predicted molar refractivity (Wildman–Crippen MR) is 102 cm³/mol. The Bertz CT molecular complexity index is 875. The summed E-state index contributed by atoms with van der Waals surface area (Å²) in [4.78, 5) is 15.9. The van der Waals surface area contributed by atoms with Gasteiger partial charge in [-0.1, -0.05) is 36.4 Å². The van der Waals surface area contributed by atoms with Gasteiger partial charge in [0.05, 0.1) is 5.69 Å². The van der Waals surface area contributed by atoms with Gasteiger partial charge in [0.25, 0.3) is 0 Å². The fourth-order valence-corrected chi connectivity index (χ4v) is 3.43. The zero-order valence-electron chi connectivity index (χ0n) is 14.8. The van der Waals surface area contributed by atoms with E-state index >= 15 is 0 Å². The van der Waals surface area contributed by atoms with E-state index in [0.29, 0.717) is 12.8 Å². The minimum absolute atomic E-state index is 0.633. The first-order chi connectivity index (χ1) is 12.6. The molecule has 5 nitrogen and oxygen atoms in total.